The molecule has 2 aromatic rings. The number of imidazole rings is 1. The monoisotopic (exact) mass is 307 g/mol. The lowest BCUT2D eigenvalue weighted by Crippen LogP contribution is -2.19. The molecule has 6 heteroatoms. The van der Waals surface area contributed by atoms with Gasteiger partial charge in [-0.2, -0.15) is 0 Å². The van der Waals surface area contributed by atoms with Crippen molar-refractivity contribution in [2.45, 2.75) is 39.8 Å². The molecule has 2 heterocycles. The number of hydrogen-bond donors (Lipinski definition) is 1. The molecule has 21 heavy (non-hydrogen) atoms. The van der Waals surface area contributed by atoms with Crippen molar-refractivity contribution in [2.75, 3.05) is 18.5 Å². The zero-order chi connectivity index (χ0) is 15.4. The largest absolute Gasteiger partial charge is 0.344 e. The molecule has 0 aliphatic rings. The molecule has 0 spiro atoms. The van der Waals surface area contributed by atoms with Crippen LogP contribution < -0.4 is 10.2 Å². The maximum Gasteiger partial charge on any atom is 0.185 e. The number of hydrogen-bond acceptors (Lipinski definition) is 5. The Hall–Kier alpha value is -1.40. The first kappa shape index (κ1) is 16.0. The molecule has 0 saturated carbocycles. The van der Waals surface area contributed by atoms with E-state index in [1.165, 1.54) is 4.88 Å². The number of nitrogens with zero attached hydrogens (tertiary/aromatic N) is 4. The summed E-state index contributed by atoms with van der Waals surface area (Å²) < 4.78 is 2.04. The van der Waals surface area contributed by atoms with Crippen LogP contribution in [0.15, 0.2) is 12.4 Å². The van der Waals surface area contributed by atoms with Gasteiger partial charge < -0.3 is 14.8 Å². The minimum absolute atomic E-state index is 0.359. The third kappa shape index (κ3) is 3.83. The molecule has 2 rings (SSSR count). The summed E-state index contributed by atoms with van der Waals surface area (Å²) in [7, 11) is 4.09. The van der Waals surface area contributed by atoms with Gasteiger partial charge in [0, 0.05) is 37.4 Å². The Balaban J connectivity index is 2.08. The van der Waals surface area contributed by atoms with Crippen LogP contribution in [0.3, 0.4) is 0 Å². The Kier molecular flexibility index (Phi) is 5.36. The van der Waals surface area contributed by atoms with Crippen LogP contribution in [0.5, 0.6) is 0 Å². The van der Waals surface area contributed by atoms with Crippen LogP contribution in [0.2, 0.25) is 0 Å². The highest BCUT2D eigenvalue weighted by Gasteiger charge is 2.16. The average Bonchev–Trinajstić information content (AvgIpc) is 3.03. The molecule has 5 nitrogen and oxygen atoms in total. The molecule has 2 aromatic heterocycles. The summed E-state index contributed by atoms with van der Waals surface area (Å²) in [6.45, 7) is 8.29. The zero-order valence-corrected chi connectivity index (χ0v) is 14.4. The zero-order valence-electron chi connectivity index (χ0n) is 13.6. The Labute approximate surface area is 131 Å². The van der Waals surface area contributed by atoms with Crippen molar-refractivity contribution in [3.05, 3.63) is 28.8 Å². The highest BCUT2D eigenvalue weighted by Crippen LogP contribution is 2.30. The number of aromatic nitrogens is 3. The second kappa shape index (κ2) is 7.04. The maximum absolute atomic E-state index is 4.72. The Morgan fingerprint density at radius 1 is 1.48 bits per heavy atom. The standard InChI is InChI=1S/C15H25N5S/c1-6-7-16-11(2)14-12(3)18-15(21-14)20(5)10-13-17-8-9-19(13)4/h8-9,11,16H,6-7,10H2,1-5H3. The molecule has 0 aliphatic heterocycles. The molecule has 116 valence electrons. The van der Waals surface area contributed by atoms with Gasteiger partial charge in [-0.3, -0.25) is 0 Å². The fourth-order valence-corrected chi connectivity index (χ4v) is 3.29. The fourth-order valence-electron chi connectivity index (χ4n) is 2.24. The first-order valence-corrected chi connectivity index (χ1v) is 8.22. The van der Waals surface area contributed by atoms with Gasteiger partial charge in [0.15, 0.2) is 5.13 Å². The van der Waals surface area contributed by atoms with Crippen LogP contribution in [-0.4, -0.2) is 28.1 Å². The molecule has 0 saturated heterocycles. The molecule has 1 atom stereocenters. The minimum Gasteiger partial charge on any atom is -0.344 e. The van der Waals surface area contributed by atoms with Crippen molar-refractivity contribution in [3.63, 3.8) is 0 Å². The van der Waals surface area contributed by atoms with E-state index < -0.39 is 0 Å². The van der Waals surface area contributed by atoms with Gasteiger partial charge in [0.2, 0.25) is 0 Å². The Bertz CT molecular complexity index is 574. The molecule has 1 N–H and O–H groups in total. The summed E-state index contributed by atoms with van der Waals surface area (Å²) in [6.07, 6.45) is 4.95. The summed E-state index contributed by atoms with van der Waals surface area (Å²) in [6, 6.07) is 0.359. The van der Waals surface area contributed by atoms with Crippen molar-refractivity contribution < 1.29 is 0 Å². The first-order chi connectivity index (χ1) is 10.0. The molecule has 0 aromatic carbocycles. The van der Waals surface area contributed by atoms with Gasteiger partial charge in [0.05, 0.1) is 12.2 Å². The van der Waals surface area contributed by atoms with Gasteiger partial charge in [-0.1, -0.05) is 6.92 Å². The number of thiazole rings is 1. The lowest BCUT2D eigenvalue weighted by molar-refractivity contribution is 0.575. The molecule has 0 radical (unpaired) electrons. The fraction of sp³-hybridized carbons (Fsp3) is 0.600. The van der Waals surface area contributed by atoms with Crippen molar-refractivity contribution in [3.8, 4) is 0 Å². The topological polar surface area (TPSA) is 46.0 Å². The molecule has 1 unspecified atom stereocenters. The molecule has 0 bridgehead atoms. The Morgan fingerprint density at radius 2 is 2.24 bits per heavy atom. The second-order valence-corrected chi connectivity index (χ2v) is 6.44. The lowest BCUT2D eigenvalue weighted by Gasteiger charge is -2.15. The number of nitrogens with one attached hydrogen (secondary N) is 1. The average molecular weight is 307 g/mol. The van der Waals surface area contributed by atoms with E-state index in [2.05, 4.69) is 43.0 Å². The molecule has 0 aliphatic carbocycles. The summed E-state index contributed by atoms with van der Waals surface area (Å²) in [5.41, 5.74) is 1.12. The van der Waals surface area contributed by atoms with E-state index in [1.807, 2.05) is 24.0 Å². The quantitative estimate of drug-likeness (QED) is 0.854. The van der Waals surface area contributed by atoms with Gasteiger partial charge in [0.25, 0.3) is 0 Å². The number of aryl methyl sites for hydroxylation is 2. The predicted molar refractivity (Wildman–Crippen MR) is 88.9 cm³/mol. The van der Waals surface area contributed by atoms with Crippen LogP contribution in [0.1, 0.15) is 42.7 Å². The van der Waals surface area contributed by atoms with Gasteiger partial charge in [0.1, 0.15) is 5.82 Å². The predicted octanol–water partition coefficient (Wildman–Crippen LogP) is 2.88. The van der Waals surface area contributed by atoms with E-state index in [0.717, 1.165) is 36.2 Å². The van der Waals surface area contributed by atoms with E-state index >= 15 is 0 Å². The van der Waals surface area contributed by atoms with Crippen LogP contribution >= 0.6 is 11.3 Å². The second-order valence-electron chi connectivity index (χ2n) is 5.43. The highest BCUT2D eigenvalue weighted by molar-refractivity contribution is 7.15. The normalized spacial score (nSPS) is 12.6. The lowest BCUT2D eigenvalue weighted by atomic mass is 10.2. The molecular formula is C15H25N5S. The number of rotatable bonds is 7. The summed E-state index contributed by atoms with van der Waals surface area (Å²) >= 11 is 1.77. The van der Waals surface area contributed by atoms with Crippen molar-refractivity contribution in [2.24, 2.45) is 7.05 Å². The van der Waals surface area contributed by atoms with Crippen LogP contribution in [0, 0.1) is 6.92 Å². The van der Waals surface area contributed by atoms with Gasteiger partial charge >= 0.3 is 0 Å². The smallest absolute Gasteiger partial charge is 0.185 e. The van der Waals surface area contributed by atoms with Crippen LogP contribution in [0.4, 0.5) is 5.13 Å². The van der Waals surface area contributed by atoms with Gasteiger partial charge in [-0.15, -0.1) is 11.3 Å². The van der Waals surface area contributed by atoms with Crippen molar-refractivity contribution in [1.29, 1.82) is 0 Å². The van der Waals surface area contributed by atoms with Crippen LogP contribution in [-0.2, 0) is 13.6 Å². The third-order valence-electron chi connectivity index (χ3n) is 3.54. The van der Waals surface area contributed by atoms with Crippen molar-refractivity contribution >= 4 is 16.5 Å². The minimum atomic E-state index is 0.359. The molecule has 0 amide bonds. The molecule has 0 fully saturated rings. The summed E-state index contributed by atoms with van der Waals surface area (Å²) in [5.74, 6) is 1.05. The summed E-state index contributed by atoms with van der Waals surface area (Å²) in [4.78, 5) is 12.6. The van der Waals surface area contributed by atoms with Crippen molar-refractivity contribution in [1.82, 2.24) is 19.9 Å². The van der Waals surface area contributed by atoms with E-state index in [4.69, 9.17) is 4.98 Å². The number of anilines is 1. The van der Waals surface area contributed by atoms with E-state index in [-0.39, 0.29) is 0 Å². The highest BCUT2D eigenvalue weighted by atomic mass is 32.1. The third-order valence-corrected chi connectivity index (χ3v) is 5.00. The maximum atomic E-state index is 4.72. The van der Waals surface area contributed by atoms with Gasteiger partial charge in [-0.05, 0) is 26.8 Å². The molecular weight excluding hydrogens is 282 g/mol. The Morgan fingerprint density at radius 3 is 2.86 bits per heavy atom. The van der Waals surface area contributed by atoms with Crippen LogP contribution in [0.25, 0.3) is 0 Å². The first-order valence-electron chi connectivity index (χ1n) is 7.41. The van der Waals surface area contributed by atoms with E-state index in [0.29, 0.717) is 6.04 Å². The summed E-state index contributed by atoms with van der Waals surface area (Å²) in [5, 5.41) is 4.58. The van der Waals surface area contributed by atoms with E-state index in [9.17, 15) is 0 Å². The van der Waals surface area contributed by atoms with Gasteiger partial charge in [-0.25, -0.2) is 9.97 Å². The van der Waals surface area contributed by atoms with E-state index in [1.54, 1.807) is 11.3 Å². The SMILES string of the molecule is CCCNC(C)c1sc(N(C)Cc2nccn2C)nc1C.